The fourth-order valence-corrected chi connectivity index (χ4v) is 2.81. The number of carbonyl (C=O) groups is 1. The first-order chi connectivity index (χ1) is 12.2. The topological polar surface area (TPSA) is 77.2 Å². The van der Waals surface area contributed by atoms with Crippen molar-refractivity contribution in [2.45, 2.75) is 12.1 Å². The fourth-order valence-electron chi connectivity index (χ4n) is 2.25. The van der Waals surface area contributed by atoms with E-state index >= 15 is 0 Å². The number of amides is 1. The Hall–Kier alpha value is -2.80. The van der Waals surface area contributed by atoms with Crippen LogP contribution in [0.5, 0.6) is 5.75 Å². The third-order valence-corrected chi connectivity index (χ3v) is 4.19. The number of aryl methyl sites for hydroxylation is 1. The van der Waals surface area contributed by atoms with Crippen LogP contribution in [-0.4, -0.2) is 29.0 Å². The lowest BCUT2D eigenvalue weighted by Gasteiger charge is -2.04. The summed E-state index contributed by atoms with van der Waals surface area (Å²) in [6.45, 7) is 1.97. The molecule has 25 heavy (non-hydrogen) atoms. The van der Waals surface area contributed by atoms with E-state index in [1.54, 1.807) is 7.11 Å². The number of nitrogens with one attached hydrogen (secondary N) is 1. The number of hydrogen-bond donors (Lipinski definition) is 1. The summed E-state index contributed by atoms with van der Waals surface area (Å²) >= 11 is 1.19. The highest BCUT2D eigenvalue weighted by Gasteiger charge is 2.14. The van der Waals surface area contributed by atoms with Crippen molar-refractivity contribution < 1.29 is 13.9 Å². The average molecular weight is 355 g/mol. The van der Waals surface area contributed by atoms with E-state index in [4.69, 9.17) is 9.15 Å². The van der Waals surface area contributed by atoms with E-state index < -0.39 is 0 Å². The molecule has 0 aliphatic carbocycles. The van der Waals surface area contributed by atoms with Gasteiger partial charge in [-0.15, -0.1) is 10.2 Å². The molecule has 1 heterocycles. The number of benzene rings is 2. The number of thioether (sulfide) groups is 1. The highest BCUT2D eigenvalue weighted by molar-refractivity contribution is 7.99. The zero-order valence-electron chi connectivity index (χ0n) is 13.9. The van der Waals surface area contributed by atoms with Gasteiger partial charge in [0.15, 0.2) is 0 Å². The molecule has 0 saturated heterocycles. The molecule has 3 aromatic rings. The van der Waals surface area contributed by atoms with Crippen LogP contribution < -0.4 is 10.1 Å². The van der Waals surface area contributed by atoms with Gasteiger partial charge in [-0.25, -0.2) is 0 Å². The average Bonchev–Trinajstić information content (AvgIpc) is 3.09. The largest absolute Gasteiger partial charge is 0.496 e. The van der Waals surface area contributed by atoms with E-state index in [0.717, 1.165) is 11.3 Å². The lowest BCUT2D eigenvalue weighted by atomic mass is 10.2. The lowest BCUT2D eigenvalue weighted by molar-refractivity contribution is -0.113. The molecule has 7 heteroatoms. The third kappa shape index (κ3) is 4.39. The molecule has 1 N–H and O–H groups in total. The lowest BCUT2D eigenvalue weighted by Crippen LogP contribution is -2.13. The Bertz CT molecular complexity index is 879. The predicted octanol–water partition coefficient (Wildman–Crippen LogP) is 3.78. The monoisotopic (exact) mass is 355 g/mol. The maximum absolute atomic E-state index is 12.0. The summed E-state index contributed by atoms with van der Waals surface area (Å²) in [6.07, 6.45) is 0. The molecule has 1 aromatic heterocycles. The number of rotatable bonds is 6. The standard InChI is InChI=1S/C18H17N3O3S/c1-12-6-5-7-13(10-12)19-16(22)11-25-18-21-20-17(24-18)14-8-3-4-9-15(14)23-2/h3-10H,11H2,1-2H3,(H,19,22). The van der Waals surface area contributed by atoms with E-state index in [0.29, 0.717) is 22.4 Å². The van der Waals surface area contributed by atoms with Crippen LogP contribution in [0.2, 0.25) is 0 Å². The van der Waals surface area contributed by atoms with E-state index in [2.05, 4.69) is 15.5 Å². The van der Waals surface area contributed by atoms with Gasteiger partial charge >= 0.3 is 0 Å². The Kier molecular flexibility index (Phi) is 5.35. The molecule has 6 nitrogen and oxygen atoms in total. The zero-order chi connectivity index (χ0) is 17.6. The highest BCUT2D eigenvalue weighted by Crippen LogP contribution is 2.30. The molecule has 0 radical (unpaired) electrons. The van der Waals surface area contributed by atoms with Crippen LogP contribution in [0.4, 0.5) is 5.69 Å². The van der Waals surface area contributed by atoms with Crippen molar-refractivity contribution in [1.82, 2.24) is 10.2 Å². The molecule has 2 aromatic carbocycles. The van der Waals surface area contributed by atoms with Crippen molar-refractivity contribution in [3.63, 3.8) is 0 Å². The Balaban J connectivity index is 1.61. The first-order valence-corrected chi connectivity index (χ1v) is 8.60. The van der Waals surface area contributed by atoms with Crippen LogP contribution in [0.15, 0.2) is 58.2 Å². The molecular formula is C18H17N3O3S. The van der Waals surface area contributed by atoms with Crippen molar-refractivity contribution >= 4 is 23.4 Å². The number of methoxy groups -OCH3 is 1. The number of hydrogen-bond acceptors (Lipinski definition) is 6. The second kappa shape index (κ2) is 7.85. The molecule has 0 bridgehead atoms. The molecule has 0 atom stereocenters. The van der Waals surface area contributed by atoms with Gasteiger partial charge in [-0.1, -0.05) is 36.0 Å². The van der Waals surface area contributed by atoms with Crippen molar-refractivity contribution in [3.05, 3.63) is 54.1 Å². The normalized spacial score (nSPS) is 10.5. The number of nitrogens with zero attached hydrogens (tertiary/aromatic N) is 2. The van der Waals surface area contributed by atoms with Crippen molar-refractivity contribution in [2.24, 2.45) is 0 Å². The Morgan fingerprint density at radius 2 is 2.04 bits per heavy atom. The van der Waals surface area contributed by atoms with Crippen LogP contribution in [0.1, 0.15) is 5.56 Å². The van der Waals surface area contributed by atoms with Crippen LogP contribution in [0.3, 0.4) is 0 Å². The number of carbonyl (C=O) groups excluding carboxylic acids is 1. The molecule has 0 aliphatic heterocycles. The first-order valence-electron chi connectivity index (χ1n) is 7.62. The molecule has 3 rings (SSSR count). The Morgan fingerprint density at radius 1 is 1.20 bits per heavy atom. The summed E-state index contributed by atoms with van der Waals surface area (Å²) in [5.41, 5.74) is 2.57. The van der Waals surface area contributed by atoms with Gasteiger partial charge in [0.25, 0.3) is 11.1 Å². The Morgan fingerprint density at radius 3 is 2.84 bits per heavy atom. The summed E-state index contributed by atoms with van der Waals surface area (Å²) in [7, 11) is 1.58. The summed E-state index contributed by atoms with van der Waals surface area (Å²) in [5, 5.41) is 11.2. The Labute approximate surface area is 149 Å². The molecule has 128 valence electrons. The van der Waals surface area contributed by atoms with Crippen LogP contribution in [0, 0.1) is 6.92 Å². The number of para-hydroxylation sites is 1. The summed E-state index contributed by atoms with van der Waals surface area (Å²) in [6, 6.07) is 15.0. The van der Waals surface area contributed by atoms with Crippen LogP contribution >= 0.6 is 11.8 Å². The third-order valence-electron chi connectivity index (χ3n) is 3.37. The SMILES string of the molecule is COc1ccccc1-c1nnc(SCC(=O)Nc2cccc(C)c2)o1. The smallest absolute Gasteiger partial charge is 0.277 e. The van der Waals surface area contributed by atoms with Gasteiger partial charge in [0, 0.05) is 5.69 Å². The zero-order valence-corrected chi connectivity index (χ0v) is 14.7. The van der Waals surface area contributed by atoms with E-state index in [9.17, 15) is 4.79 Å². The van der Waals surface area contributed by atoms with E-state index in [1.165, 1.54) is 11.8 Å². The molecular weight excluding hydrogens is 338 g/mol. The van der Waals surface area contributed by atoms with Gasteiger partial charge in [-0.3, -0.25) is 4.79 Å². The first kappa shape index (κ1) is 17.0. The van der Waals surface area contributed by atoms with E-state index in [-0.39, 0.29) is 11.7 Å². The van der Waals surface area contributed by atoms with Gasteiger partial charge in [0.05, 0.1) is 18.4 Å². The van der Waals surface area contributed by atoms with Crippen LogP contribution in [0.25, 0.3) is 11.5 Å². The molecule has 0 unspecified atom stereocenters. The molecule has 1 amide bonds. The maximum Gasteiger partial charge on any atom is 0.277 e. The number of anilines is 1. The second-order valence-corrected chi connectivity index (χ2v) is 6.21. The molecule has 0 fully saturated rings. The molecule has 0 saturated carbocycles. The fraction of sp³-hybridized carbons (Fsp3) is 0.167. The predicted molar refractivity (Wildman–Crippen MR) is 96.8 cm³/mol. The van der Waals surface area contributed by atoms with Gasteiger partial charge < -0.3 is 14.5 Å². The van der Waals surface area contributed by atoms with Crippen LogP contribution in [-0.2, 0) is 4.79 Å². The minimum atomic E-state index is -0.132. The summed E-state index contributed by atoms with van der Waals surface area (Å²) < 4.78 is 10.9. The summed E-state index contributed by atoms with van der Waals surface area (Å²) in [5.74, 6) is 1.06. The molecule has 0 aliphatic rings. The van der Waals surface area contributed by atoms with Crippen molar-refractivity contribution in [3.8, 4) is 17.2 Å². The number of ether oxygens (including phenoxy) is 1. The minimum absolute atomic E-state index is 0.132. The van der Waals surface area contributed by atoms with Gasteiger partial charge in [-0.05, 0) is 36.8 Å². The van der Waals surface area contributed by atoms with Crippen molar-refractivity contribution in [1.29, 1.82) is 0 Å². The molecule has 0 spiro atoms. The van der Waals surface area contributed by atoms with Gasteiger partial charge in [0.2, 0.25) is 5.91 Å². The minimum Gasteiger partial charge on any atom is -0.496 e. The van der Waals surface area contributed by atoms with Crippen molar-refractivity contribution in [2.75, 3.05) is 18.2 Å². The van der Waals surface area contributed by atoms with Gasteiger partial charge in [0.1, 0.15) is 5.75 Å². The second-order valence-electron chi connectivity index (χ2n) is 5.28. The van der Waals surface area contributed by atoms with E-state index in [1.807, 2.05) is 55.5 Å². The number of aromatic nitrogens is 2. The maximum atomic E-state index is 12.0. The quantitative estimate of drug-likeness (QED) is 0.678. The summed E-state index contributed by atoms with van der Waals surface area (Å²) in [4.78, 5) is 12.0. The highest BCUT2D eigenvalue weighted by atomic mass is 32.2. The van der Waals surface area contributed by atoms with Gasteiger partial charge in [-0.2, -0.15) is 0 Å².